The van der Waals surface area contributed by atoms with Crippen LogP contribution in [0.3, 0.4) is 0 Å². The molecule has 0 atom stereocenters. The van der Waals surface area contributed by atoms with Crippen molar-refractivity contribution in [3.8, 4) is 61.6 Å². The van der Waals surface area contributed by atoms with Crippen LogP contribution in [0.25, 0.3) is 138 Å². The lowest BCUT2D eigenvalue weighted by atomic mass is 9.99. The van der Waals surface area contributed by atoms with E-state index in [0.29, 0.717) is 0 Å². The molecule has 15 rings (SSSR count). The van der Waals surface area contributed by atoms with E-state index in [1.807, 2.05) is 0 Å². The average Bonchev–Trinajstić information content (AvgIpc) is 4.08. The molecule has 3 heteroatoms. The lowest BCUT2D eigenvalue weighted by Crippen LogP contribution is -1.97. The molecule has 3 aromatic heterocycles. The van der Waals surface area contributed by atoms with Crippen molar-refractivity contribution in [3.63, 3.8) is 0 Å². The Bertz CT molecular complexity index is 4060. The summed E-state index contributed by atoms with van der Waals surface area (Å²) in [5, 5.41) is 9.89. The van der Waals surface area contributed by atoms with Gasteiger partial charge in [0.1, 0.15) is 0 Å². The van der Waals surface area contributed by atoms with Gasteiger partial charge in [-0.25, -0.2) is 0 Å². The van der Waals surface area contributed by atoms with Crippen LogP contribution < -0.4 is 0 Å². The van der Waals surface area contributed by atoms with Gasteiger partial charge >= 0.3 is 0 Å². The van der Waals surface area contributed by atoms with Crippen molar-refractivity contribution >= 4 is 76.2 Å². The minimum Gasteiger partial charge on any atom is -0.309 e. The number of fused-ring (bicyclic) bond motifs is 6. The monoisotopic (exact) mass is 901 g/mol. The summed E-state index contributed by atoms with van der Waals surface area (Å²) in [6, 6.07) is 96.0. The fourth-order valence-electron chi connectivity index (χ4n) is 11.8. The van der Waals surface area contributed by atoms with Crippen LogP contribution in [0.15, 0.2) is 261 Å². The zero-order valence-corrected chi connectivity index (χ0v) is 38.7. The molecule has 0 saturated heterocycles. The van der Waals surface area contributed by atoms with Crippen molar-refractivity contribution in [2.45, 2.75) is 0 Å². The minimum absolute atomic E-state index is 1.14. The largest absolute Gasteiger partial charge is 0.309 e. The zero-order valence-electron chi connectivity index (χ0n) is 38.7. The van der Waals surface area contributed by atoms with Crippen LogP contribution in [-0.4, -0.2) is 13.7 Å². The molecule has 0 aliphatic heterocycles. The van der Waals surface area contributed by atoms with Gasteiger partial charge in [-0.05, 0) is 129 Å². The summed E-state index contributed by atoms with van der Waals surface area (Å²) in [7, 11) is 0. The first-order valence-electron chi connectivity index (χ1n) is 24.5. The van der Waals surface area contributed by atoms with E-state index in [1.54, 1.807) is 0 Å². The molecule has 0 saturated carbocycles. The Morgan fingerprint density at radius 3 is 0.775 bits per heavy atom. The van der Waals surface area contributed by atoms with Crippen LogP contribution in [0.1, 0.15) is 0 Å². The number of para-hydroxylation sites is 1. The van der Waals surface area contributed by atoms with E-state index >= 15 is 0 Å². The molecule has 0 fully saturated rings. The molecule has 0 N–H and O–H groups in total. The second kappa shape index (κ2) is 15.5. The lowest BCUT2D eigenvalue weighted by Gasteiger charge is -2.15. The van der Waals surface area contributed by atoms with Gasteiger partial charge in [0.25, 0.3) is 0 Å². The van der Waals surface area contributed by atoms with Gasteiger partial charge in [0.2, 0.25) is 0 Å². The molecule has 3 nitrogen and oxygen atoms in total. The molecule has 0 unspecified atom stereocenters. The predicted molar refractivity (Wildman–Crippen MR) is 300 cm³/mol. The van der Waals surface area contributed by atoms with Gasteiger partial charge in [-0.15, -0.1) is 0 Å². The lowest BCUT2D eigenvalue weighted by molar-refractivity contribution is 1.17. The third kappa shape index (κ3) is 6.03. The van der Waals surface area contributed by atoms with Crippen LogP contribution >= 0.6 is 0 Å². The van der Waals surface area contributed by atoms with E-state index in [2.05, 4.69) is 275 Å². The van der Waals surface area contributed by atoms with E-state index in [-0.39, 0.29) is 0 Å². The number of hydrogen-bond acceptors (Lipinski definition) is 0. The molecule has 3 heterocycles. The van der Waals surface area contributed by atoms with E-state index in [1.165, 1.54) is 121 Å². The Balaban J connectivity index is 1.01. The molecule has 0 spiro atoms. The highest BCUT2D eigenvalue weighted by atomic mass is 15.0. The third-order valence-electron chi connectivity index (χ3n) is 15.0. The second-order valence-electron chi connectivity index (χ2n) is 18.9. The molecule has 0 aliphatic rings. The summed E-state index contributed by atoms with van der Waals surface area (Å²) in [5.74, 6) is 0. The summed E-state index contributed by atoms with van der Waals surface area (Å²) in [6.45, 7) is 0. The summed E-state index contributed by atoms with van der Waals surface area (Å²) >= 11 is 0. The normalized spacial score (nSPS) is 11.9. The molecule has 15 aromatic rings. The Morgan fingerprint density at radius 1 is 0.183 bits per heavy atom. The summed E-state index contributed by atoms with van der Waals surface area (Å²) < 4.78 is 7.48. The fourth-order valence-corrected chi connectivity index (χ4v) is 11.8. The van der Waals surface area contributed by atoms with Crippen molar-refractivity contribution in [2.75, 3.05) is 0 Å². The predicted octanol–water partition coefficient (Wildman–Crippen LogP) is 18.2. The number of benzene rings is 12. The highest BCUT2D eigenvalue weighted by molar-refractivity contribution is 6.28. The molecule has 71 heavy (non-hydrogen) atoms. The van der Waals surface area contributed by atoms with Crippen molar-refractivity contribution < 1.29 is 0 Å². The van der Waals surface area contributed by atoms with Gasteiger partial charge in [0, 0.05) is 48.8 Å². The highest BCUT2D eigenvalue weighted by Gasteiger charge is 2.25. The molecule has 12 aromatic carbocycles. The Kier molecular flexibility index (Phi) is 8.66. The number of hydrogen-bond donors (Lipinski definition) is 0. The second-order valence-corrected chi connectivity index (χ2v) is 18.9. The topological polar surface area (TPSA) is 14.8 Å². The molecular formula is C68H43N3. The maximum Gasteiger partial charge on any atom is 0.0548 e. The van der Waals surface area contributed by atoms with Gasteiger partial charge in [-0.3, -0.25) is 0 Å². The van der Waals surface area contributed by atoms with Gasteiger partial charge < -0.3 is 13.7 Å². The summed E-state index contributed by atoms with van der Waals surface area (Å²) in [4.78, 5) is 0. The smallest absolute Gasteiger partial charge is 0.0548 e. The Morgan fingerprint density at radius 2 is 0.465 bits per heavy atom. The zero-order chi connectivity index (χ0) is 46.6. The van der Waals surface area contributed by atoms with Crippen molar-refractivity contribution in [1.82, 2.24) is 13.7 Å². The number of rotatable bonds is 7. The number of nitrogens with zero attached hydrogens (tertiary/aromatic N) is 3. The summed E-state index contributed by atoms with van der Waals surface area (Å²) in [5.41, 5.74) is 20.3. The Hall–Kier alpha value is -9.44. The van der Waals surface area contributed by atoms with Crippen LogP contribution in [0, 0.1) is 0 Å². The minimum atomic E-state index is 1.14. The molecule has 0 radical (unpaired) electrons. The molecule has 0 aliphatic carbocycles. The van der Waals surface area contributed by atoms with E-state index in [4.69, 9.17) is 0 Å². The fraction of sp³-hybridized carbons (Fsp3) is 0. The van der Waals surface area contributed by atoms with Crippen LogP contribution in [0.5, 0.6) is 0 Å². The maximum absolute atomic E-state index is 2.51. The molecular weight excluding hydrogens is 859 g/mol. The van der Waals surface area contributed by atoms with Crippen LogP contribution in [0.4, 0.5) is 0 Å². The SMILES string of the molecule is c1ccc(-c2ccc3c(c2)c2cc(-c4ccccc4)ccc2n3-c2ccc3c4c2ccc2c(-n5c6ccc(-c7ccccc7)cc6c6cc(-c7ccccc7)ccc65)ccc(c24)n3-c2ccccc2)cc1. The van der Waals surface area contributed by atoms with E-state index < -0.39 is 0 Å². The van der Waals surface area contributed by atoms with E-state index in [0.717, 1.165) is 17.1 Å². The van der Waals surface area contributed by atoms with E-state index in [9.17, 15) is 0 Å². The van der Waals surface area contributed by atoms with Crippen molar-refractivity contribution in [2.24, 2.45) is 0 Å². The van der Waals surface area contributed by atoms with Gasteiger partial charge in [0.05, 0.1) is 44.5 Å². The first-order chi connectivity index (χ1) is 35.2. The maximum atomic E-state index is 2.51. The molecule has 0 amide bonds. The van der Waals surface area contributed by atoms with Gasteiger partial charge in [0.15, 0.2) is 0 Å². The van der Waals surface area contributed by atoms with Gasteiger partial charge in [-0.2, -0.15) is 0 Å². The summed E-state index contributed by atoms with van der Waals surface area (Å²) in [6.07, 6.45) is 0. The highest BCUT2D eigenvalue weighted by Crippen LogP contribution is 2.47. The van der Waals surface area contributed by atoms with Crippen molar-refractivity contribution in [3.05, 3.63) is 261 Å². The third-order valence-corrected chi connectivity index (χ3v) is 15.0. The first-order valence-corrected chi connectivity index (χ1v) is 24.5. The average molecular weight is 902 g/mol. The quantitative estimate of drug-likeness (QED) is 0.142. The van der Waals surface area contributed by atoms with Crippen LogP contribution in [-0.2, 0) is 0 Å². The van der Waals surface area contributed by atoms with Gasteiger partial charge in [-0.1, -0.05) is 176 Å². The first kappa shape index (κ1) is 39.5. The molecule has 0 bridgehead atoms. The Labute approximate surface area is 410 Å². The van der Waals surface area contributed by atoms with Crippen LogP contribution in [0.2, 0.25) is 0 Å². The van der Waals surface area contributed by atoms with Crippen molar-refractivity contribution in [1.29, 1.82) is 0 Å². The standard InChI is InChI=1S/C68H43N3/c1-6-16-44(17-7-1)48-26-32-61-55(40-48)56-41-49(45-18-8-2-9-19-45)27-33-62(56)70(61)59-36-38-65-67-53(59)30-31-54-60(37-39-66(68(54)67)69(65)52-24-14-5-15-25-52)71-63-34-28-50(46-20-10-3-11-21-46)42-57(63)58-43-51(29-35-64(58)71)47-22-12-4-13-23-47/h1-43H. The molecule has 330 valence electrons. The number of aromatic nitrogens is 3.